The summed E-state index contributed by atoms with van der Waals surface area (Å²) in [6.07, 6.45) is 2.52. The number of nitrogens with zero attached hydrogens (tertiary/aromatic N) is 5. The number of likely N-dealkylation sites (N-methyl/N-ethyl adjacent to an activating group) is 1. The van der Waals surface area contributed by atoms with Crippen LogP contribution in [0.2, 0.25) is 0 Å². The van der Waals surface area contributed by atoms with Gasteiger partial charge in [-0.3, -0.25) is 0 Å². The number of benzene rings is 1. The summed E-state index contributed by atoms with van der Waals surface area (Å²) in [5.74, 6) is 0.613. The monoisotopic (exact) mass is 457 g/mol. The van der Waals surface area contributed by atoms with Gasteiger partial charge in [0, 0.05) is 26.3 Å². The summed E-state index contributed by atoms with van der Waals surface area (Å²) in [4.78, 5) is 24.6. The Balaban J connectivity index is 1.58. The molecule has 1 fully saturated rings. The highest BCUT2D eigenvalue weighted by atomic mass is 32.2. The molecule has 1 aliphatic rings. The molecule has 1 aliphatic heterocycles. The summed E-state index contributed by atoms with van der Waals surface area (Å²) in [5, 5.41) is 0.626. The standard InChI is InChI=1S/C22H27N5O4S/c1-15-6-8-17(9-7-15)32(29,30)27-11-10-18-19(23-14-24-20(18)27)25(5)16-12-26(13-16)21(28)31-22(2,3)4/h6-11,14,16H,12-13H2,1-5H3. The molecule has 0 N–H and O–H groups in total. The number of rotatable bonds is 4. The van der Waals surface area contributed by atoms with Crippen LogP contribution < -0.4 is 4.90 Å². The van der Waals surface area contributed by atoms with Crippen LogP contribution in [-0.2, 0) is 14.8 Å². The van der Waals surface area contributed by atoms with Crippen LogP contribution in [0.25, 0.3) is 11.0 Å². The molecule has 0 spiro atoms. The van der Waals surface area contributed by atoms with Crippen molar-refractivity contribution >= 4 is 33.0 Å². The maximum Gasteiger partial charge on any atom is 0.410 e. The minimum atomic E-state index is -3.79. The molecule has 0 radical (unpaired) electrons. The fourth-order valence-electron chi connectivity index (χ4n) is 3.56. The zero-order valence-corrected chi connectivity index (χ0v) is 19.6. The number of hydrogen-bond acceptors (Lipinski definition) is 7. The minimum Gasteiger partial charge on any atom is -0.444 e. The van der Waals surface area contributed by atoms with Gasteiger partial charge in [0.2, 0.25) is 0 Å². The average Bonchev–Trinajstić information content (AvgIpc) is 3.10. The number of carbonyl (C=O) groups is 1. The van der Waals surface area contributed by atoms with Gasteiger partial charge in [-0.05, 0) is 45.9 Å². The van der Waals surface area contributed by atoms with E-state index in [0.29, 0.717) is 29.9 Å². The molecule has 3 aromatic rings. The van der Waals surface area contributed by atoms with Crippen LogP contribution in [0.1, 0.15) is 26.3 Å². The first-order chi connectivity index (χ1) is 15.0. The molecule has 1 saturated heterocycles. The summed E-state index contributed by atoms with van der Waals surface area (Å²) < 4.78 is 32.9. The third-order valence-electron chi connectivity index (χ3n) is 5.40. The van der Waals surface area contributed by atoms with Crippen LogP contribution in [0.15, 0.2) is 47.8 Å². The first kappa shape index (κ1) is 22.1. The third kappa shape index (κ3) is 4.02. The summed E-state index contributed by atoms with van der Waals surface area (Å²) in [5.41, 5.74) is 0.748. The van der Waals surface area contributed by atoms with E-state index in [1.165, 1.54) is 16.5 Å². The van der Waals surface area contributed by atoms with Gasteiger partial charge in [-0.2, -0.15) is 0 Å². The van der Waals surface area contributed by atoms with E-state index in [2.05, 4.69) is 9.97 Å². The molecule has 9 nitrogen and oxygen atoms in total. The molecule has 1 amide bonds. The number of likely N-dealkylation sites (tertiary alicyclic amines) is 1. The predicted octanol–water partition coefficient (Wildman–Crippen LogP) is 3.03. The Morgan fingerprint density at radius 1 is 1.12 bits per heavy atom. The molecule has 10 heteroatoms. The quantitative estimate of drug-likeness (QED) is 0.594. The molecule has 1 aromatic carbocycles. The number of carbonyl (C=O) groups excluding carboxylic acids is 1. The lowest BCUT2D eigenvalue weighted by Crippen LogP contribution is -2.61. The molecule has 0 saturated carbocycles. The predicted molar refractivity (Wildman–Crippen MR) is 121 cm³/mol. The molecule has 4 rings (SSSR count). The van der Waals surface area contributed by atoms with Gasteiger partial charge in [-0.25, -0.2) is 27.2 Å². The van der Waals surface area contributed by atoms with Crippen LogP contribution in [0.4, 0.5) is 10.6 Å². The normalized spacial score (nSPS) is 15.0. The lowest BCUT2D eigenvalue weighted by molar-refractivity contribution is 0.00848. The summed E-state index contributed by atoms with van der Waals surface area (Å²) in [7, 11) is -1.91. The second-order valence-corrected chi connectivity index (χ2v) is 10.8. The molecular formula is C22H27N5O4S. The number of aryl methyl sites for hydroxylation is 1. The smallest absolute Gasteiger partial charge is 0.410 e. The first-order valence-electron chi connectivity index (χ1n) is 10.3. The van der Waals surface area contributed by atoms with Crippen molar-refractivity contribution in [2.45, 2.75) is 44.2 Å². The average molecular weight is 458 g/mol. The molecule has 32 heavy (non-hydrogen) atoms. The van der Waals surface area contributed by atoms with E-state index in [4.69, 9.17) is 4.74 Å². The Bertz CT molecular complexity index is 1260. The van der Waals surface area contributed by atoms with Crippen LogP contribution in [0.3, 0.4) is 0 Å². The first-order valence-corrected chi connectivity index (χ1v) is 11.8. The Morgan fingerprint density at radius 2 is 1.78 bits per heavy atom. The molecule has 170 valence electrons. The van der Waals surface area contributed by atoms with Crippen molar-refractivity contribution in [2.75, 3.05) is 25.0 Å². The van der Waals surface area contributed by atoms with Crippen molar-refractivity contribution in [3.05, 3.63) is 48.4 Å². The number of fused-ring (bicyclic) bond motifs is 1. The third-order valence-corrected chi connectivity index (χ3v) is 7.08. The molecular weight excluding hydrogens is 430 g/mol. The van der Waals surface area contributed by atoms with Gasteiger partial charge in [-0.15, -0.1) is 0 Å². The Hall–Kier alpha value is -3.14. The summed E-state index contributed by atoms with van der Waals surface area (Å²) >= 11 is 0. The van der Waals surface area contributed by atoms with Gasteiger partial charge < -0.3 is 14.5 Å². The van der Waals surface area contributed by atoms with Gasteiger partial charge in [-0.1, -0.05) is 17.7 Å². The Labute approximate surface area is 187 Å². The summed E-state index contributed by atoms with van der Waals surface area (Å²) in [6, 6.07) is 8.45. The number of aromatic nitrogens is 3. The topological polar surface area (TPSA) is 97.6 Å². The summed E-state index contributed by atoms with van der Waals surface area (Å²) in [6.45, 7) is 8.41. The van der Waals surface area contributed by atoms with Gasteiger partial charge in [0.05, 0.1) is 16.3 Å². The maximum atomic E-state index is 13.2. The van der Waals surface area contributed by atoms with Crippen molar-refractivity contribution < 1.29 is 17.9 Å². The van der Waals surface area contributed by atoms with Crippen LogP contribution in [0, 0.1) is 6.92 Å². The van der Waals surface area contributed by atoms with Gasteiger partial charge in [0.25, 0.3) is 10.0 Å². The Kier molecular flexibility index (Phi) is 5.36. The minimum absolute atomic E-state index is 0.0395. The highest BCUT2D eigenvalue weighted by Gasteiger charge is 2.37. The molecule has 0 aliphatic carbocycles. The maximum absolute atomic E-state index is 13.2. The van der Waals surface area contributed by atoms with E-state index in [1.54, 1.807) is 35.2 Å². The van der Waals surface area contributed by atoms with Gasteiger partial charge in [0.15, 0.2) is 5.65 Å². The van der Waals surface area contributed by atoms with Crippen molar-refractivity contribution in [1.29, 1.82) is 0 Å². The second kappa shape index (κ2) is 7.77. The zero-order chi connectivity index (χ0) is 23.3. The van der Waals surface area contributed by atoms with E-state index >= 15 is 0 Å². The molecule has 0 atom stereocenters. The molecule has 3 heterocycles. The van der Waals surface area contributed by atoms with Crippen molar-refractivity contribution in [1.82, 2.24) is 18.8 Å². The van der Waals surface area contributed by atoms with E-state index in [1.807, 2.05) is 39.6 Å². The number of ether oxygens (including phenoxy) is 1. The largest absolute Gasteiger partial charge is 0.444 e. The highest BCUT2D eigenvalue weighted by Crippen LogP contribution is 2.29. The number of hydrogen-bond donors (Lipinski definition) is 0. The fourth-order valence-corrected chi connectivity index (χ4v) is 4.86. The number of anilines is 1. The fraction of sp³-hybridized carbons (Fsp3) is 0.409. The van der Waals surface area contributed by atoms with Crippen molar-refractivity contribution in [2.24, 2.45) is 0 Å². The highest BCUT2D eigenvalue weighted by molar-refractivity contribution is 7.90. The second-order valence-electron chi connectivity index (χ2n) is 9.01. The lowest BCUT2D eigenvalue weighted by Gasteiger charge is -2.44. The van der Waals surface area contributed by atoms with Crippen molar-refractivity contribution in [3.8, 4) is 0 Å². The van der Waals surface area contributed by atoms with E-state index < -0.39 is 15.6 Å². The van der Waals surface area contributed by atoms with Crippen LogP contribution in [-0.4, -0.2) is 65.1 Å². The SMILES string of the molecule is Cc1ccc(S(=O)(=O)n2ccc3c(N(C)C4CN(C(=O)OC(C)(C)C)C4)ncnc32)cc1. The lowest BCUT2D eigenvalue weighted by atomic mass is 10.1. The molecule has 2 aromatic heterocycles. The molecule has 0 unspecified atom stereocenters. The van der Waals surface area contributed by atoms with Crippen molar-refractivity contribution in [3.63, 3.8) is 0 Å². The van der Waals surface area contributed by atoms with Crippen LogP contribution in [0.5, 0.6) is 0 Å². The molecule has 0 bridgehead atoms. The van der Waals surface area contributed by atoms with Gasteiger partial charge >= 0.3 is 6.09 Å². The van der Waals surface area contributed by atoms with Gasteiger partial charge in [0.1, 0.15) is 17.7 Å². The Morgan fingerprint density at radius 3 is 2.41 bits per heavy atom. The number of amides is 1. The van der Waals surface area contributed by atoms with Crippen LogP contribution >= 0.6 is 0 Å². The van der Waals surface area contributed by atoms with E-state index in [-0.39, 0.29) is 17.0 Å². The van der Waals surface area contributed by atoms with E-state index in [9.17, 15) is 13.2 Å². The zero-order valence-electron chi connectivity index (χ0n) is 18.8. The van der Waals surface area contributed by atoms with E-state index in [0.717, 1.165) is 5.56 Å².